The maximum Gasteiger partial charge on any atom is 0.332 e. The summed E-state index contributed by atoms with van der Waals surface area (Å²) in [6.07, 6.45) is 0.858. The van der Waals surface area contributed by atoms with Gasteiger partial charge in [-0.1, -0.05) is 17.7 Å². The third kappa shape index (κ3) is 3.04. The minimum absolute atomic E-state index is 0.335. The molecule has 8 nitrogen and oxygen atoms in total. The summed E-state index contributed by atoms with van der Waals surface area (Å²) < 4.78 is 6.50. The Morgan fingerprint density at radius 1 is 1.10 bits per heavy atom. The summed E-state index contributed by atoms with van der Waals surface area (Å²) in [7, 11) is 3.13. The average molecular weight is 415 g/mol. The van der Waals surface area contributed by atoms with Gasteiger partial charge >= 0.3 is 5.69 Å². The number of rotatable bonds is 5. The van der Waals surface area contributed by atoms with Crippen molar-refractivity contribution in [2.75, 3.05) is 11.9 Å². The van der Waals surface area contributed by atoms with Crippen molar-refractivity contribution >= 4 is 34.2 Å². The molecule has 0 radical (unpaired) electrons. The van der Waals surface area contributed by atoms with Crippen LogP contribution in [0.3, 0.4) is 0 Å². The number of hydrogen-bond donors (Lipinski definition) is 1. The van der Waals surface area contributed by atoms with E-state index < -0.39 is 0 Å². The van der Waals surface area contributed by atoms with Gasteiger partial charge < -0.3 is 9.88 Å². The van der Waals surface area contributed by atoms with Crippen molar-refractivity contribution in [3.63, 3.8) is 0 Å². The molecule has 0 spiro atoms. The van der Waals surface area contributed by atoms with Gasteiger partial charge in [0.15, 0.2) is 11.2 Å². The first-order valence-corrected chi connectivity index (χ1v) is 9.82. The number of anilines is 1. The van der Waals surface area contributed by atoms with Gasteiger partial charge in [0.25, 0.3) is 5.56 Å². The van der Waals surface area contributed by atoms with Gasteiger partial charge in [-0.2, -0.15) is 4.98 Å². The first-order valence-electron chi connectivity index (χ1n) is 9.44. The van der Waals surface area contributed by atoms with E-state index in [-0.39, 0.29) is 11.2 Å². The standard InChI is InChI=1S/C20H23ClN6O2/c1-12-13(2)27-16-17(24(3)20(29)25(4)18(16)28)23-19(27)26(12)10-6-9-22-15-8-5-7-14(21)11-15/h5,7-8,11,22H,6,9-10H2,1-4H3. The molecule has 0 aliphatic heterocycles. The van der Waals surface area contributed by atoms with E-state index in [0.29, 0.717) is 22.0 Å². The van der Waals surface area contributed by atoms with Crippen molar-refractivity contribution in [1.29, 1.82) is 0 Å². The molecule has 1 aromatic carbocycles. The second-order valence-electron chi connectivity index (χ2n) is 7.24. The first-order chi connectivity index (χ1) is 13.8. The maximum absolute atomic E-state index is 12.8. The second kappa shape index (κ2) is 7.11. The van der Waals surface area contributed by atoms with Gasteiger partial charge in [0.05, 0.1) is 0 Å². The predicted octanol–water partition coefficient (Wildman–Crippen LogP) is 2.46. The van der Waals surface area contributed by atoms with E-state index in [0.717, 1.165) is 41.2 Å². The number of nitrogens with zero attached hydrogens (tertiary/aromatic N) is 5. The summed E-state index contributed by atoms with van der Waals surface area (Å²) >= 11 is 6.02. The highest BCUT2D eigenvalue weighted by molar-refractivity contribution is 6.30. The fourth-order valence-corrected chi connectivity index (χ4v) is 3.92. The number of nitrogens with one attached hydrogen (secondary N) is 1. The zero-order chi connectivity index (χ0) is 20.9. The fourth-order valence-electron chi connectivity index (χ4n) is 3.73. The van der Waals surface area contributed by atoms with Gasteiger partial charge in [-0.25, -0.2) is 4.79 Å². The Kier molecular flexibility index (Phi) is 4.74. The minimum Gasteiger partial charge on any atom is -0.385 e. The molecular weight excluding hydrogens is 392 g/mol. The molecule has 9 heteroatoms. The monoisotopic (exact) mass is 414 g/mol. The van der Waals surface area contributed by atoms with E-state index >= 15 is 0 Å². The highest BCUT2D eigenvalue weighted by Crippen LogP contribution is 2.21. The summed E-state index contributed by atoms with van der Waals surface area (Å²) in [5.41, 5.74) is 3.10. The number of benzene rings is 1. The summed E-state index contributed by atoms with van der Waals surface area (Å²) in [4.78, 5) is 29.7. The van der Waals surface area contributed by atoms with Gasteiger partial charge in [0.2, 0.25) is 5.78 Å². The number of hydrogen-bond acceptors (Lipinski definition) is 4. The lowest BCUT2D eigenvalue weighted by molar-refractivity contribution is 0.659. The highest BCUT2D eigenvalue weighted by Gasteiger charge is 2.21. The van der Waals surface area contributed by atoms with Crippen molar-refractivity contribution in [2.45, 2.75) is 26.8 Å². The molecule has 3 aromatic heterocycles. The van der Waals surface area contributed by atoms with E-state index in [2.05, 4.69) is 14.9 Å². The van der Waals surface area contributed by atoms with E-state index in [1.807, 2.05) is 42.5 Å². The summed E-state index contributed by atoms with van der Waals surface area (Å²) in [5, 5.41) is 4.06. The Bertz CT molecular complexity index is 1360. The van der Waals surface area contributed by atoms with Crippen LogP contribution in [0.4, 0.5) is 5.69 Å². The van der Waals surface area contributed by atoms with Gasteiger partial charge in [-0.3, -0.25) is 18.3 Å². The van der Waals surface area contributed by atoms with Crippen LogP contribution in [0.1, 0.15) is 17.8 Å². The number of aromatic nitrogens is 5. The molecule has 0 aliphatic rings. The van der Waals surface area contributed by atoms with Gasteiger partial charge in [0.1, 0.15) is 0 Å². The van der Waals surface area contributed by atoms with Crippen LogP contribution in [-0.2, 0) is 20.6 Å². The van der Waals surface area contributed by atoms with Gasteiger partial charge in [0, 0.05) is 49.3 Å². The molecule has 0 aliphatic carbocycles. The van der Waals surface area contributed by atoms with Crippen LogP contribution in [0.25, 0.3) is 16.9 Å². The third-order valence-corrected chi connectivity index (χ3v) is 5.69. The van der Waals surface area contributed by atoms with Crippen molar-refractivity contribution in [3.05, 3.63) is 61.5 Å². The lowest BCUT2D eigenvalue weighted by atomic mass is 10.3. The highest BCUT2D eigenvalue weighted by atomic mass is 35.5. The number of fused-ring (bicyclic) bond motifs is 3. The van der Waals surface area contributed by atoms with E-state index in [1.165, 1.54) is 11.6 Å². The maximum atomic E-state index is 12.8. The summed E-state index contributed by atoms with van der Waals surface area (Å²) in [5.74, 6) is 0.677. The molecule has 0 bridgehead atoms. The average Bonchev–Trinajstić information content (AvgIpc) is 3.19. The molecule has 4 rings (SSSR count). The second-order valence-corrected chi connectivity index (χ2v) is 7.67. The zero-order valence-corrected chi connectivity index (χ0v) is 17.6. The van der Waals surface area contributed by atoms with Crippen LogP contribution >= 0.6 is 11.6 Å². The van der Waals surface area contributed by atoms with Gasteiger partial charge in [-0.05, 0) is 38.5 Å². The molecule has 29 heavy (non-hydrogen) atoms. The quantitative estimate of drug-likeness (QED) is 0.509. The molecule has 0 unspecified atom stereocenters. The normalized spacial score (nSPS) is 11.6. The van der Waals surface area contributed by atoms with E-state index in [9.17, 15) is 9.59 Å². The molecule has 4 aromatic rings. The topological polar surface area (TPSA) is 78.3 Å². The lowest BCUT2D eigenvalue weighted by Gasteiger charge is -2.09. The summed E-state index contributed by atoms with van der Waals surface area (Å²) in [6, 6.07) is 7.62. The van der Waals surface area contributed by atoms with Crippen LogP contribution < -0.4 is 16.6 Å². The van der Waals surface area contributed by atoms with Gasteiger partial charge in [-0.15, -0.1) is 0 Å². The van der Waals surface area contributed by atoms with E-state index in [4.69, 9.17) is 11.6 Å². The fraction of sp³-hybridized carbons (Fsp3) is 0.350. The molecule has 0 saturated carbocycles. The van der Waals surface area contributed by atoms with Crippen LogP contribution in [0.15, 0.2) is 33.9 Å². The van der Waals surface area contributed by atoms with Crippen molar-refractivity contribution in [3.8, 4) is 0 Å². The molecule has 152 valence electrons. The van der Waals surface area contributed by atoms with Crippen LogP contribution in [0, 0.1) is 13.8 Å². The third-order valence-electron chi connectivity index (χ3n) is 5.46. The molecule has 0 atom stereocenters. The minimum atomic E-state index is -0.380. The largest absolute Gasteiger partial charge is 0.385 e. The Morgan fingerprint density at radius 2 is 1.86 bits per heavy atom. The van der Waals surface area contributed by atoms with E-state index in [1.54, 1.807) is 7.05 Å². The van der Waals surface area contributed by atoms with Crippen molar-refractivity contribution < 1.29 is 0 Å². The molecule has 0 amide bonds. The van der Waals surface area contributed by atoms with Crippen molar-refractivity contribution in [2.24, 2.45) is 14.1 Å². The summed E-state index contributed by atoms with van der Waals surface area (Å²) in [6.45, 7) is 5.49. The SMILES string of the molecule is Cc1c(C)n2c3c(=O)n(C)c(=O)n(C)c3nc2n1CCCNc1cccc(Cl)c1. The number of imidazole rings is 2. The Morgan fingerprint density at radius 3 is 2.59 bits per heavy atom. The molecule has 0 saturated heterocycles. The molecule has 3 heterocycles. The zero-order valence-electron chi connectivity index (χ0n) is 16.9. The van der Waals surface area contributed by atoms with Crippen LogP contribution in [0.5, 0.6) is 0 Å². The Labute approximate surface area is 172 Å². The molecular formula is C20H23ClN6O2. The Balaban J connectivity index is 1.69. The van der Waals surface area contributed by atoms with Crippen LogP contribution in [-0.4, -0.2) is 29.6 Å². The Hall–Kier alpha value is -3.00. The molecule has 0 fully saturated rings. The van der Waals surface area contributed by atoms with Crippen molar-refractivity contribution in [1.82, 2.24) is 23.1 Å². The van der Waals surface area contributed by atoms with Crippen LogP contribution in [0.2, 0.25) is 5.02 Å². The predicted molar refractivity (Wildman–Crippen MR) is 115 cm³/mol. The molecule has 1 N–H and O–H groups in total. The first kappa shape index (κ1) is 19.3. The lowest BCUT2D eigenvalue weighted by Crippen LogP contribution is -2.37. The number of aryl methyl sites for hydroxylation is 3. The number of halogens is 1. The smallest absolute Gasteiger partial charge is 0.332 e.